The van der Waals surface area contributed by atoms with E-state index in [1.54, 1.807) is 25.1 Å². The first-order valence-corrected chi connectivity index (χ1v) is 13.1. The van der Waals surface area contributed by atoms with Gasteiger partial charge < -0.3 is 35.5 Å². The molecule has 10 nitrogen and oxygen atoms in total. The minimum Gasteiger partial charge on any atom is -0.395 e. The normalized spacial score (nSPS) is 18.6. The molecule has 2 fully saturated rings. The Hall–Kier alpha value is -3.37. The van der Waals surface area contributed by atoms with Crippen LogP contribution in [0, 0.1) is 5.41 Å². The maximum atomic E-state index is 12.9. The zero-order valence-corrected chi connectivity index (χ0v) is 22.2. The molecule has 4 N–H and O–H groups in total. The lowest BCUT2D eigenvalue weighted by molar-refractivity contribution is 0.0815. The largest absolute Gasteiger partial charge is 0.395 e. The van der Waals surface area contributed by atoms with Crippen LogP contribution in [-0.4, -0.2) is 89.5 Å². The maximum Gasteiger partial charge on any atom is 0.270 e. The summed E-state index contributed by atoms with van der Waals surface area (Å²) in [6.45, 7) is 9.92. The highest BCUT2D eigenvalue weighted by atomic mass is 16.3. The van der Waals surface area contributed by atoms with Crippen LogP contribution in [0.3, 0.4) is 0 Å². The van der Waals surface area contributed by atoms with Crippen LogP contribution >= 0.6 is 0 Å². The van der Waals surface area contributed by atoms with Crippen LogP contribution in [0.2, 0.25) is 0 Å². The predicted octanol–water partition coefficient (Wildman–Crippen LogP) is 3.20. The summed E-state index contributed by atoms with van der Waals surface area (Å²) in [6.07, 6.45) is 7.41. The van der Waals surface area contributed by atoms with Gasteiger partial charge >= 0.3 is 0 Å². The Morgan fingerprint density at radius 3 is 2.62 bits per heavy atom. The van der Waals surface area contributed by atoms with Crippen molar-refractivity contribution in [1.82, 2.24) is 19.4 Å². The van der Waals surface area contributed by atoms with Gasteiger partial charge in [-0.15, -0.1) is 0 Å². The number of piperazine rings is 1. The molecule has 37 heavy (non-hydrogen) atoms. The molecule has 2 aromatic heterocycles. The van der Waals surface area contributed by atoms with Crippen LogP contribution < -0.4 is 15.5 Å². The van der Waals surface area contributed by atoms with Gasteiger partial charge in [-0.25, -0.2) is 4.98 Å². The van der Waals surface area contributed by atoms with Crippen molar-refractivity contribution in [1.29, 1.82) is 5.41 Å². The second-order valence-corrected chi connectivity index (χ2v) is 10.2. The Kier molecular flexibility index (Phi) is 8.50. The topological polar surface area (TPSA) is 113 Å². The first-order valence-electron chi connectivity index (χ1n) is 13.1. The number of pyridine rings is 1. The molecule has 10 heteroatoms. The number of anilines is 3. The summed E-state index contributed by atoms with van der Waals surface area (Å²) >= 11 is 0. The van der Waals surface area contributed by atoms with Crippen molar-refractivity contribution < 1.29 is 9.90 Å². The van der Waals surface area contributed by atoms with Gasteiger partial charge in [-0.2, -0.15) is 0 Å². The van der Waals surface area contributed by atoms with E-state index in [1.807, 2.05) is 12.3 Å². The number of nitrogens with zero attached hydrogens (tertiary/aromatic N) is 5. The Balaban J connectivity index is 1.47. The van der Waals surface area contributed by atoms with E-state index in [9.17, 15) is 9.90 Å². The summed E-state index contributed by atoms with van der Waals surface area (Å²) < 4.78 is 2.05. The summed E-state index contributed by atoms with van der Waals surface area (Å²) in [5.41, 5.74) is 2.30. The van der Waals surface area contributed by atoms with Gasteiger partial charge in [-0.1, -0.05) is 19.4 Å². The van der Waals surface area contributed by atoms with Crippen LogP contribution in [0.1, 0.15) is 54.7 Å². The van der Waals surface area contributed by atoms with Crippen molar-refractivity contribution >= 4 is 29.4 Å². The Bertz CT molecular complexity index is 1100. The standard InChI is InChI=1S/C27H40N8O2/c1-19-18-34(12-11-33(19)13-14-36)23-9-10-25(29-17-23)30-20(2)31-26-21(16-28)15-24(27(37)32(3)4)35(26)22-7-5-6-8-22/h9-10,15-17,19,22,28,31,36H,2,5-8,11-14,18H2,1,3-4H3,(H,29,30)/t19-/m0/s1. The molecule has 2 aromatic rings. The number of rotatable bonds is 10. The Morgan fingerprint density at radius 2 is 2.03 bits per heavy atom. The molecule has 1 saturated heterocycles. The first-order chi connectivity index (χ1) is 17.8. The van der Waals surface area contributed by atoms with Gasteiger partial charge in [-0.05, 0) is 38.0 Å². The molecule has 1 atom stereocenters. The average molecular weight is 509 g/mol. The van der Waals surface area contributed by atoms with Crippen molar-refractivity contribution in [2.24, 2.45) is 0 Å². The molecule has 0 spiro atoms. The SMILES string of the molecule is C=C(Nc1ccc(N2CCN(CCO)[C@@H](C)C2)cn1)Nc1c(C=N)cc(C(=O)N(C)C)n1C1CCCC1. The lowest BCUT2D eigenvalue weighted by Gasteiger charge is -2.40. The van der Waals surface area contributed by atoms with E-state index in [4.69, 9.17) is 5.41 Å². The van der Waals surface area contributed by atoms with Crippen molar-refractivity contribution in [3.8, 4) is 0 Å². The number of amides is 1. The highest BCUT2D eigenvalue weighted by Crippen LogP contribution is 2.36. The number of β-amino-alcohol motifs (C(OH)–C–C–N with tert-alkyl or cyclic N) is 1. The number of nitrogens with one attached hydrogen (secondary N) is 3. The molecule has 0 aromatic carbocycles. The number of hydrogen-bond acceptors (Lipinski definition) is 8. The number of carbonyl (C=O) groups excluding carboxylic acids is 1. The second-order valence-electron chi connectivity index (χ2n) is 10.2. The molecule has 0 bridgehead atoms. The van der Waals surface area contributed by atoms with Gasteiger partial charge in [0.15, 0.2) is 0 Å². The van der Waals surface area contributed by atoms with Crippen LogP contribution in [0.15, 0.2) is 36.8 Å². The van der Waals surface area contributed by atoms with Crippen molar-refractivity contribution in [2.45, 2.75) is 44.7 Å². The van der Waals surface area contributed by atoms with E-state index in [1.165, 1.54) is 6.21 Å². The first kappa shape index (κ1) is 26.7. The molecule has 4 rings (SSSR count). The third kappa shape index (κ3) is 5.97. The maximum absolute atomic E-state index is 12.9. The molecule has 2 aliphatic rings. The average Bonchev–Trinajstić information content (AvgIpc) is 3.53. The molecular formula is C27H40N8O2. The fourth-order valence-electron chi connectivity index (χ4n) is 5.39. The van der Waals surface area contributed by atoms with Crippen molar-refractivity contribution in [3.05, 3.63) is 48.1 Å². The van der Waals surface area contributed by atoms with E-state index < -0.39 is 0 Å². The molecule has 3 heterocycles. The molecular weight excluding hydrogens is 468 g/mol. The predicted molar refractivity (Wildman–Crippen MR) is 149 cm³/mol. The smallest absolute Gasteiger partial charge is 0.270 e. The van der Waals surface area contributed by atoms with Crippen LogP contribution in [0.25, 0.3) is 0 Å². The van der Waals surface area contributed by atoms with E-state index >= 15 is 0 Å². The molecule has 1 amide bonds. The van der Waals surface area contributed by atoms with E-state index in [0.717, 1.165) is 51.0 Å². The van der Waals surface area contributed by atoms with Crippen LogP contribution in [-0.2, 0) is 0 Å². The summed E-state index contributed by atoms with van der Waals surface area (Å²) in [7, 11) is 3.49. The van der Waals surface area contributed by atoms with Gasteiger partial charge in [0, 0.05) is 64.1 Å². The number of carbonyl (C=O) groups is 1. The molecule has 0 unspecified atom stereocenters. The fourth-order valence-corrected chi connectivity index (χ4v) is 5.39. The van der Waals surface area contributed by atoms with Gasteiger partial charge in [0.05, 0.1) is 18.5 Å². The van der Waals surface area contributed by atoms with Crippen LogP contribution in [0.4, 0.5) is 17.3 Å². The number of aliphatic hydroxyl groups is 1. The molecule has 1 saturated carbocycles. The highest BCUT2D eigenvalue weighted by Gasteiger charge is 2.28. The highest BCUT2D eigenvalue weighted by molar-refractivity contribution is 5.98. The quantitative estimate of drug-likeness (QED) is 0.365. The zero-order chi connectivity index (χ0) is 26.5. The summed E-state index contributed by atoms with van der Waals surface area (Å²) in [5, 5.41) is 23.8. The summed E-state index contributed by atoms with van der Waals surface area (Å²) in [5.74, 6) is 1.81. The van der Waals surface area contributed by atoms with Gasteiger partial charge in [-0.3, -0.25) is 9.69 Å². The Morgan fingerprint density at radius 1 is 1.27 bits per heavy atom. The minimum atomic E-state index is -0.0783. The zero-order valence-electron chi connectivity index (χ0n) is 22.2. The third-order valence-electron chi connectivity index (χ3n) is 7.35. The monoisotopic (exact) mass is 508 g/mol. The number of hydrogen-bond donors (Lipinski definition) is 4. The lowest BCUT2D eigenvalue weighted by atomic mass is 10.2. The third-order valence-corrected chi connectivity index (χ3v) is 7.35. The Labute approximate surface area is 219 Å². The molecule has 0 radical (unpaired) electrons. The fraction of sp³-hybridized carbons (Fsp3) is 0.519. The second kappa shape index (κ2) is 11.8. The van der Waals surface area contributed by atoms with Crippen LogP contribution in [0.5, 0.6) is 0 Å². The van der Waals surface area contributed by atoms with E-state index in [0.29, 0.717) is 41.3 Å². The lowest BCUT2D eigenvalue weighted by Crippen LogP contribution is -2.52. The van der Waals surface area contributed by atoms with Gasteiger partial charge in [0.25, 0.3) is 5.91 Å². The molecule has 200 valence electrons. The number of aliphatic hydroxyl groups excluding tert-OH is 1. The van der Waals surface area contributed by atoms with E-state index in [-0.39, 0.29) is 18.6 Å². The van der Waals surface area contributed by atoms with Gasteiger partial charge in [0.2, 0.25) is 0 Å². The summed E-state index contributed by atoms with van der Waals surface area (Å²) in [6, 6.07) is 6.35. The number of aromatic nitrogens is 2. The minimum absolute atomic E-state index is 0.0783. The summed E-state index contributed by atoms with van der Waals surface area (Å²) in [4.78, 5) is 23.7. The van der Waals surface area contributed by atoms with Crippen molar-refractivity contribution in [2.75, 3.05) is 62.4 Å². The van der Waals surface area contributed by atoms with E-state index in [2.05, 4.69) is 49.6 Å². The molecule has 1 aliphatic heterocycles. The molecule has 1 aliphatic carbocycles. The van der Waals surface area contributed by atoms with Crippen molar-refractivity contribution in [3.63, 3.8) is 0 Å². The van der Waals surface area contributed by atoms with Gasteiger partial charge in [0.1, 0.15) is 23.2 Å².